The fourth-order valence-corrected chi connectivity index (χ4v) is 1.66. The summed E-state index contributed by atoms with van der Waals surface area (Å²) >= 11 is 0. The minimum atomic E-state index is 0.462. The third-order valence-electron chi connectivity index (χ3n) is 2.36. The molecule has 1 fully saturated rings. The van der Waals surface area contributed by atoms with E-state index in [1.807, 2.05) is 6.07 Å². The van der Waals surface area contributed by atoms with Crippen molar-refractivity contribution in [1.82, 2.24) is 4.98 Å². The lowest BCUT2D eigenvalue weighted by Crippen LogP contribution is -2.01. The van der Waals surface area contributed by atoms with Crippen LogP contribution in [0.2, 0.25) is 0 Å². The maximum Gasteiger partial charge on any atom is 0.216 e. The first kappa shape index (κ1) is 8.51. The largest absolute Gasteiger partial charge is 0.481 e. The molecule has 1 aromatic heterocycles. The van der Waals surface area contributed by atoms with Gasteiger partial charge in [-0.3, -0.25) is 0 Å². The normalized spacial score (nSPS) is 21.8. The molecule has 1 unspecified atom stereocenters. The molecule has 3 nitrogen and oxygen atoms in total. The molecule has 0 saturated carbocycles. The van der Waals surface area contributed by atoms with Gasteiger partial charge in [-0.2, -0.15) is 0 Å². The van der Waals surface area contributed by atoms with Crippen molar-refractivity contribution in [2.45, 2.75) is 12.3 Å². The van der Waals surface area contributed by atoms with Crippen LogP contribution in [0.1, 0.15) is 17.9 Å². The number of rotatable bonds is 2. The number of methoxy groups -OCH3 is 1. The topological polar surface area (TPSA) is 31.4 Å². The maximum absolute atomic E-state index is 5.33. The average Bonchev–Trinajstić information content (AvgIpc) is 2.70. The molecule has 1 aliphatic rings. The Morgan fingerprint density at radius 1 is 1.62 bits per heavy atom. The first-order chi connectivity index (χ1) is 6.42. The minimum absolute atomic E-state index is 0.462. The summed E-state index contributed by atoms with van der Waals surface area (Å²) in [5.74, 6) is 1.20. The lowest BCUT2D eigenvalue weighted by molar-refractivity contribution is 0.193. The number of hydrogen-bond acceptors (Lipinski definition) is 3. The third-order valence-corrected chi connectivity index (χ3v) is 2.36. The van der Waals surface area contributed by atoms with Crippen molar-refractivity contribution in [1.29, 1.82) is 0 Å². The van der Waals surface area contributed by atoms with Crippen molar-refractivity contribution in [3.05, 3.63) is 23.9 Å². The van der Waals surface area contributed by atoms with E-state index in [2.05, 4.69) is 11.1 Å². The molecule has 2 rings (SSSR count). The van der Waals surface area contributed by atoms with Crippen molar-refractivity contribution in [2.24, 2.45) is 0 Å². The van der Waals surface area contributed by atoms with Gasteiger partial charge in [-0.05, 0) is 12.5 Å². The Morgan fingerprint density at radius 2 is 2.54 bits per heavy atom. The standard InChI is InChI=1S/C10H13NO2/c1-12-10-9(3-2-5-11-10)8-4-6-13-7-8/h2-3,5,8H,4,6-7H2,1H3. The zero-order valence-electron chi connectivity index (χ0n) is 7.69. The highest BCUT2D eigenvalue weighted by Crippen LogP contribution is 2.30. The van der Waals surface area contributed by atoms with Gasteiger partial charge < -0.3 is 9.47 Å². The number of nitrogens with zero attached hydrogens (tertiary/aromatic N) is 1. The Morgan fingerprint density at radius 3 is 3.23 bits per heavy atom. The summed E-state index contributed by atoms with van der Waals surface area (Å²) in [5, 5.41) is 0. The molecule has 0 N–H and O–H groups in total. The predicted octanol–water partition coefficient (Wildman–Crippen LogP) is 1.59. The van der Waals surface area contributed by atoms with Crippen LogP contribution < -0.4 is 4.74 Å². The van der Waals surface area contributed by atoms with Gasteiger partial charge in [0.15, 0.2) is 0 Å². The molecule has 1 aliphatic heterocycles. The van der Waals surface area contributed by atoms with Gasteiger partial charge in [-0.25, -0.2) is 4.98 Å². The van der Waals surface area contributed by atoms with E-state index in [0.717, 1.165) is 25.5 Å². The van der Waals surface area contributed by atoms with E-state index in [1.54, 1.807) is 13.3 Å². The molecule has 1 aromatic rings. The van der Waals surface area contributed by atoms with Crippen LogP contribution in [-0.2, 0) is 4.74 Å². The summed E-state index contributed by atoms with van der Waals surface area (Å²) < 4.78 is 10.5. The summed E-state index contributed by atoms with van der Waals surface area (Å²) in [6.07, 6.45) is 2.82. The van der Waals surface area contributed by atoms with E-state index < -0.39 is 0 Å². The van der Waals surface area contributed by atoms with Crippen LogP contribution in [0.25, 0.3) is 0 Å². The van der Waals surface area contributed by atoms with E-state index in [0.29, 0.717) is 5.92 Å². The van der Waals surface area contributed by atoms with Gasteiger partial charge in [0.2, 0.25) is 5.88 Å². The summed E-state index contributed by atoms with van der Waals surface area (Å²) in [4.78, 5) is 4.16. The number of hydrogen-bond donors (Lipinski definition) is 0. The number of pyridine rings is 1. The summed E-state index contributed by atoms with van der Waals surface area (Å²) in [7, 11) is 1.65. The fourth-order valence-electron chi connectivity index (χ4n) is 1.66. The first-order valence-electron chi connectivity index (χ1n) is 4.48. The molecule has 13 heavy (non-hydrogen) atoms. The molecule has 0 aliphatic carbocycles. The van der Waals surface area contributed by atoms with Crippen LogP contribution in [0, 0.1) is 0 Å². The highest BCUT2D eigenvalue weighted by molar-refractivity contribution is 5.29. The molecule has 3 heteroatoms. The van der Waals surface area contributed by atoms with Crippen molar-refractivity contribution in [2.75, 3.05) is 20.3 Å². The SMILES string of the molecule is COc1ncccc1C1CCOC1. The summed E-state index contributed by atoms with van der Waals surface area (Å²) in [6.45, 7) is 1.64. The van der Waals surface area contributed by atoms with Crippen LogP contribution in [-0.4, -0.2) is 25.3 Å². The lowest BCUT2D eigenvalue weighted by Gasteiger charge is -2.10. The van der Waals surface area contributed by atoms with Crippen LogP contribution in [0.4, 0.5) is 0 Å². The molecule has 0 spiro atoms. The van der Waals surface area contributed by atoms with Crippen LogP contribution in [0.3, 0.4) is 0 Å². The Bertz CT molecular complexity index is 282. The predicted molar refractivity (Wildman–Crippen MR) is 49.0 cm³/mol. The monoisotopic (exact) mass is 179 g/mol. The van der Waals surface area contributed by atoms with Gasteiger partial charge in [0.05, 0.1) is 13.7 Å². The zero-order valence-corrected chi connectivity index (χ0v) is 7.69. The minimum Gasteiger partial charge on any atom is -0.481 e. The van der Waals surface area contributed by atoms with E-state index in [-0.39, 0.29) is 0 Å². The average molecular weight is 179 g/mol. The second-order valence-corrected chi connectivity index (χ2v) is 3.16. The van der Waals surface area contributed by atoms with Crippen LogP contribution >= 0.6 is 0 Å². The Balaban J connectivity index is 2.26. The second-order valence-electron chi connectivity index (χ2n) is 3.16. The molecule has 70 valence electrons. The molecule has 0 radical (unpaired) electrons. The molecular formula is C10H13NO2. The Labute approximate surface area is 77.7 Å². The number of ether oxygens (including phenoxy) is 2. The highest BCUT2D eigenvalue weighted by Gasteiger charge is 2.21. The van der Waals surface area contributed by atoms with Gasteiger partial charge in [0.1, 0.15) is 0 Å². The smallest absolute Gasteiger partial charge is 0.216 e. The van der Waals surface area contributed by atoms with Gasteiger partial charge >= 0.3 is 0 Å². The first-order valence-corrected chi connectivity index (χ1v) is 4.48. The van der Waals surface area contributed by atoms with Crippen LogP contribution in [0.5, 0.6) is 5.88 Å². The quantitative estimate of drug-likeness (QED) is 0.691. The Hall–Kier alpha value is -1.09. The lowest BCUT2D eigenvalue weighted by atomic mass is 10.00. The third kappa shape index (κ3) is 1.65. The summed E-state index contributed by atoms with van der Waals surface area (Å²) in [6, 6.07) is 4.00. The maximum atomic E-state index is 5.33. The molecule has 2 heterocycles. The van der Waals surface area contributed by atoms with Crippen molar-refractivity contribution < 1.29 is 9.47 Å². The van der Waals surface area contributed by atoms with Crippen molar-refractivity contribution in [3.63, 3.8) is 0 Å². The van der Waals surface area contributed by atoms with E-state index >= 15 is 0 Å². The molecule has 1 atom stereocenters. The Kier molecular flexibility index (Phi) is 2.45. The second kappa shape index (κ2) is 3.75. The van der Waals surface area contributed by atoms with E-state index in [9.17, 15) is 0 Å². The van der Waals surface area contributed by atoms with E-state index in [1.165, 1.54) is 5.56 Å². The number of aromatic nitrogens is 1. The van der Waals surface area contributed by atoms with Gasteiger partial charge in [-0.15, -0.1) is 0 Å². The van der Waals surface area contributed by atoms with Crippen molar-refractivity contribution in [3.8, 4) is 5.88 Å². The molecule has 1 saturated heterocycles. The molecule has 0 aromatic carbocycles. The fraction of sp³-hybridized carbons (Fsp3) is 0.500. The molecule has 0 amide bonds. The molecule has 0 bridgehead atoms. The summed E-state index contributed by atoms with van der Waals surface area (Å²) in [5.41, 5.74) is 1.17. The highest BCUT2D eigenvalue weighted by atomic mass is 16.5. The van der Waals surface area contributed by atoms with Gasteiger partial charge in [0.25, 0.3) is 0 Å². The van der Waals surface area contributed by atoms with Crippen molar-refractivity contribution >= 4 is 0 Å². The van der Waals surface area contributed by atoms with Gasteiger partial charge in [0, 0.05) is 24.3 Å². The molecular weight excluding hydrogens is 166 g/mol. The van der Waals surface area contributed by atoms with Gasteiger partial charge in [-0.1, -0.05) is 6.07 Å². The van der Waals surface area contributed by atoms with Crippen LogP contribution in [0.15, 0.2) is 18.3 Å². The zero-order chi connectivity index (χ0) is 9.10. The van der Waals surface area contributed by atoms with E-state index in [4.69, 9.17) is 9.47 Å².